The molecule has 10 heteroatoms. The highest BCUT2D eigenvalue weighted by Gasteiger charge is 2.20. The van der Waals surface area contributed by atoms with Gasteiger partial charge in [-0.2, -0.15) is 0 Å². The molecule has 0 spiro atoms. The fraction of sp³-hybridized carbons (Fsp3) is 0.273. The van der Waals surface area contributed by atoms with Crippen LogP contribution in [-0.2, 0) is 14.4 Å². The summed E-state index contributed by atoms with van der Waals surface area (Å²) in [6.07, 6.45) is -0.553. The molecule has 0 saturated carbocycles. The molecule has 32 heavy (non-hydrogen) atoms. The molecule has 2 rings (SSSR count). The molecule has 0 aliphatic heterocycles. The number of carboxylic acid groups (broad SMARTS) is 1. The van der Waals surface area contributed by atoms with Crippen molar-refractivity contribution in [1.82, 2.24) is 5.32 Å². The van der Waals surface area contributed by atoms with E-state index in [-0.39, 0.29) is 31.0 Å². The Kier molecular flexibility index (Phi) is 8.58. The third-order valence-corrected chi connectivity index (χ3v) is 4.58. The van der Waals surface area contributed by atoms with Crippen LogP contribution in [0.15, 0.2) is 42.5 Å². The van der Waals surface area contributed by atoms with Crippen LogP contribution < -0.4 is 25.8 Å². The number of carbonyl (C=O) groups excluding carboxylic acids is 2. The minimum Gasteiger partial charge on any atom is -0.493 e. The minimum atomic E-state index is -1.09. The molecule has 1 atom stereocenters. The Morgan fingerprint density at radius 1 is 1.00 bits per heavy atom. The highest BCUT2D eigenvalue weighted by molar-refractivity contribution is 5.96. The molecule has 2 aromatic rings. The van der Waals surface area contributed by atoms with Crippen molar-refractivity contribution < 1.29 is 29.0 Å². The molecule has 6 N–H and O–H groups in total. The predicted octanol–water partition coefficient (Wildman–Crippen LogP) is 2.04. The Morgan fingerprint density at radius 2 is 1.62 bits per heavy atom. The number of rotatable bonds is 11. The second-order valence-electron chi connectivity index (χ2n) is 6.87. The predicted molar refractivity (Wildman–Crippen MR) is 118 cm³/mol. The van der Waals surface area contributed by atoms with E-state index in [4.69, 9.17) is 20.6 Å². The molecule has 0 aromatic heterocycles. The number of nitrogens with two attached hydrogens (primary N) is 1. The number of nitrogen functional groups attached to an aromatic ring is 1. The number of amides is 2. The van der Waals surface area contributed by atoms with Crippen molar-refractivity contribution in [3.63, 3.8) is 0 Å². The van der Waals surface area contributed by atoms with Crippen molar-refractivity contribution in [3.05, 3.63) is 53.6 Å². The number of anilines is 1. The summed E-state index contributed by atoms with van der Waals surface area (Å²) >= 11 is 0. The van der Waals surface area contributed by atoms with Crippen molar-refractivity contribution in [2.75, 3.05) is 19.5 Å². The Balaban J connectivity index is 1.97. The lowest BCUT2D eigenvalue weighted by atomic mass is 10.0. The highest BCUT2D eigenvalue weighted by Crippen LogP contribution is 2.31. The second-order valence-corrected chi connectivity index (χ2v) is 6.87. The maximum absolute atomic E-state index is 12.4. The lowest BCUT2D eigenvalue weighted by molar-refractivity contribution is -0.138. The van der Waals surface area contributed by atoms with E-state index in [1.54, 1.807) is 42.5 Å². The molecule has 0 fully saturated rings. The topological polar surface area (TPSA) is 164 Å². The zero-order valence-corrected chi connectivity index (χ0v) is 17.8. The number of amidine groups is 1. The van der Waals surface area contributed by atoms with Crippen molar-refractivity contribution >= 4 is 29.3 Å². The number of ether oxygens (including phenoxy) is 2. The molecule has 170 valence electrons. The van der Waals surface area contributed by atoms with Gasteiger partial charge in [0.15, 0.2) is 11.5 Å². The van der Waals surface area contributed by atoms with Gasteiger partial charge >= 0.3 is 5.97 Å². The van der Waals surface area contributed by atoms with Gasteiger partial charge < -0.3 is 30.9 Å². The molecule has 2 amide bonds. The van der Waals surface area contributed by atoms with Crippen molar-refractivity contribution in [3.8, 4) is 11.5 Å². The summed E-state index contributed by atoms with van der Waals surface area (Å²) in [6.45, 7) is 0. The number of hydrogen-bond donors (Lipinski definition) is 5. The van der Waals surface area contributed by atoms with Crippen LogP contribution >= 0.6 is 0 Å². The fourth-order valence-electron chi connectivity index (χ4n) is 2.95. The van der Waals surface area contributed by atoms with Gasteiger partial charge in [0.2, 0.25) is 11.8 Å². The number of hydrogen-bond acceptors (Lipinski definition) is 6. The Labute approximate surface area is 185 Å². The lowest BCUT2D eigenvalue weighted by Crippen LogP contribution is -2.30. The Morgan fingerprint density at radius 3 is 2.19 bits per heavy atom. The van der Waals surface area contributed by atoms with Gasteiger partial charge in [-0.3, -0.25) is 19.8 Å². The van der Waals surface area contributed by atoms with Crippen LogP contribution in [0, 0.1) is 5.41 Å². The lowest BCUT2D eigenvalue weighted by Gasteiger charge is -2.19. The monoisotopic (exact) mass is 442 g/mol. The number of carboxylic acids is 1. The van der Waals surface area contributed by atoms with Crippen molar-refractivity contribution in [1.29, 1.82) is 5.41 Å². The smallest absolute Gasteiger partial charge is 0.305 e. The molecule has 0 aliphatic rings. The number of nitrogens with one attached hydrogen (secondary N) is 3. The van der Waals surface area contributed by atoms with Crippen LogP contribution in [0.3, 0.4) is 0 Å². The summed E-state index contributed by atoms with van der Waals surface area (Å²) < 4.78 is 10.4. The van der Waals surface area contributed by atoms with Gasteiger partial charge in [0.05, 0.1) is 26.7 Å². The fourth-order valence-corrected chi connectivity index (χ4v) is 2.95. The molecule has 1 unspecified atom stereocenters. The van der Waals surface area contributed by atoms with Crippen molar-refractivity contribution in [2.45, 2.75) is 25.3 Å². The molecule has 10 nitrogen and oxygen atoms in total. The maximum Gasteiger partial charge on any atom is 0.305 e. The molecular formula is C22H26N4O6. The molecule has 2 aromatic carbocycles. The van der Waals surface area contributed by atoms with E-state index < -0.39 is 17.9 Å². The maximum atomic E-state index is 12.4. The zero-order valence-electron chi connectivity index (χ0n) is 17.8. The summed E-state index contributed by atoms with van der Waals surface area (Å²) in [4.78, 5) is 35.8. The minimum absolute atomic E-state index is 0.0788. The van der Waals surface area contributed by atoms with Gasteiger partial charge in [0.25, 0.3) is 0 Å². The molecule has 0 radical (unpaired) electrons. The third kappa shape index (κ3) is 7.01. The van der Waals surface area contributed by atoms with Gasteiger partial charge in [-0.25, -0.2) is 0 Å². The summed E-state index contributed by atoms with van der Waals surface area (Å²) in [5.74, 6) is -1.12. The molecule has 0 saturated heterocycles. The summed E-state index contributed by atoms with van der Waals surface area (Å²) in [6, 6.07) is 10.5. The van der Waals surface area contributed by atoms with E-state index in [0.717, 1.165) is 0 Å². The molecule has 0 aliphatic carbocycles. The van der Waals surface area contributed by atoms with Crippen LogP contribution in [0.25, 0.3) is 0 Å². The van der Waals surface area contributed by atoms with E-state index in [1.807, 2.05) is 0 Å². The third-order valence-electron chi connectivity index (χ3n) is 4.58. The van der Waals surface area contributed by atoms with Crippen LogP contribution in [-0.4, -0.2) is 42.9 Å². The van der Waals surface area contributed by atoms with Gasteiger partial charge in [0, 0.05) is 24.1 Å². The van der Waals surface area contributed by atoms with Crippen LogP contribution in [0.1, 0.15) is 36.4 Å². The molecular weight excluding hydrogens is 416 g/mol. The summed E-state index contributed by atoms with van der Waals surface area (Å²) in [5, 5.41) is 21.9. The Bertz CT molecular complexity index is 990. The number of aliphatic carboxylic acids is 1. The van der Waals surface area contributed by atoms with E-state index in [0.29, 0.717) is 28.3 Å². The van der Waals surface area contributed by atoms with E-state index in [9.17, 15) is 19.5 Å². The normalized spacial score (nSPS) is 11.2. The van der Waals surface area contributed by atoms with Gasteiger partial charge in [0.1, 0.15) is 5.84 Å². The SMILES string of the molecule is COc1ccc(C(CC(=O)O)NC(=O)CCC(=O)Nc2ccc(C(=N)N)cc2)cc1OC. The second kappa shape index (κ2) is 11.3. The van der Waals surface area contributed by atoms with Crippen LogP contribution in [0.5, 0.6) is 11.5 Å². The zero-order chi connectivity index (χ0) is 23.7. The average Bonchev–Trinajstić information content (AvgIpc) is 2.76. The van der Waals surface area contributed by atoms with Gasteiger partial charge in [-0.15, -0.1) is 0 Å². The van der Waals surface area contributed by atoms with E-state index in [2.05, 4.69) is 10.6 Å². The van der Waals surface area contributed by atoms with Gasteiger partial charge in [-0.05, 0) is 42.0 Å². The van der Waals surface area contributed by atoms with Crippen molar-refractivity contribution in [2.24, 2.45) is 5.73 Å². The van der Waals surface area contributed by atoms with Gasteiger partial charge in [-0.1, -0.05) is 6.07 Å². The van der Waals surface area contributed by atoms with Crippen LogP contribution in [0.2, 0.25) is 0 Å². The quantitative estimate of drug-likeness (QED) is 0.262. The number of carbonyl (C=O) groups is 3. The number of benzene rings is 2. The summed E-state index contributed by atoms with van der Waals surface area (Å²) in [7, 11) is 2.94. The summed E-state index contributed by atoms with van der Waals surface area (Å²) in [5.41, 5.74) is 6.96. The average molecular weight is 442 g/mol. The first kappa shape index (κ1) is 24.2. The highest BCUT2D eigenvalue weighted by atomic mass is 16.5. The van der Waals surface area contributed by atoms with Crippen LogP contribution in [0.4, 0.5) is 5.69 Å². The van der Waals surface area contributed by atoms with E-state index >= 15 is 0 Å². The number of methoxy groups -OCH3 is 2. The first-order valence-electron chi connectivity index (χ1n) is 9.71. The molecule has 0 bridgehead atoms. The Hall–Kier alpha value is -4.08. The largest absolute Gasteiger partial charge is 0.493 e. The first-order chi connectivity index (χ1) is 15.2. The van der Waals surface area contributed by atoms with E-state index in [1.165, 1.54) is 14.2 Å². The molecule has 0 heterocycles. The standard InChI is InChI=1S/C22H26N4O6/c1-31-17-8-5-14(11-18(17)32-2)16(12-21(29)30)26-20(28)10-9-19(27)25-15-6-3-13(4-7-15)22(23)24/h3-8,11,16H,9-10,12H2,1-2H3,(H3,23,24)(H,25,27)(H,26,28)(H,29,30). The first-order valence-corrected chi connectivity index (χ1v) is 9.71.